The molecule has 0 amide bonds. The molecule has 0 saturated carbocycles. The van der Waals surface area contributed by atoms with Crippen LogP contribution in [0.25, 0.3) is 0 Å². The van der Waals surface area contributed by atoms with Crippen molar-refractivity contribution in [3.8, 4) is 0 Å². The van der Waals surface area contributed by atoms with Gasteiger partial charge in [-0.2, -0.15) is 0 Å². The van der Waals surface area contributed by atoms with Crippen LogP contribution in [-0.2, 0) is 49.5 Å². The van der Waals surface area contributed by atoms with Crippen molar-refractivity contribution in [2.75, 3.05) is 0 Å². The summed E-state index contributed by atoms with van der Waals surface area (Å²) in [4.78, 5) is 0. The first-order valence-electron chi connectivity index (χ1n) is 0. The van der Waals surface area contributed by atoms with E-state index in [2.05, 4.69) is 0 Å². The van der Waals surface area contributed by atoms with Crippen LogP contribution in [0.4, 0.5) is 0 Å². The zero-order chi connectivity index (χ0) is 0. The minimum absolute atomic E-state index is 0. The molecule has 0 aromatic carbocycles. The van der Waals surface area contributed by atoms with E-state index in [1.165, 1.54) is 0 Å². The molecule has 0 rings (SSSR count). The fourth-order valence-corrected chi connectivity index (χ4v) is 0. The SMILES string of the molecule is [Gd].[Ni].[Ni].[Ni]. The summed E-state index contributed by atoms with van der Waals surface area (Å²) in [5.74, 6) is 0. The molecule has 0 aromatic rings. The minimum atomic E-state index is 0. The summed E-state index contributed by atoms with van der Waals surface area (Å²) in [6.45, 7) is 0. The monoisotopic (exact) mass is 332 g/mol. The predicted molar refractivity (Wildman–Crippen MR) is 0 cm³/mol. The molecule has 0 heterocycles. The summed E-state index contributed by atoms with van der Waals surface area (Å²) in [7, 11) is 0. The van der Waals surface area contributed by atoms with Gasteiger partial charge in [0.25, 0.3) is 0 Å². The average molecular weight is 333 g/mol. The molecule has 0 unspecified atom stereocenters. The van der Waals surface area contributed by atoms with Crippen molar-refractivity contribution in [1.82, 2.24) is 0 Å². The number of rotatable bonds is 0. The predicted octanol–water partition coefficient (Wildman–Crippen LogP) is -0.00750. The van der Waals surface area contributed by atoms with Gasteiger partial charge in [0.2, 0.25) is 0 Å². The van der Waals surface area contributed by atoms with E-state index in [1.807, 2.05) is 0 Å². The molecule has 0 saturated heterocycles. The molecular weight excluding hydrogens is 333 g/mol. The van der Waals surface area contributed by atoms with E-state index >= 15 is 0 Å². The zero-order valence-electron chi connectivity index (χ0n) is 1.30. The maximum absolute atomic E-state index is 0. The van der Waals surface area contributed by atoms with E-state index in [1.54, 1.807) is 0 Å². The van der Waals surface area contributed by atoms with Gasteiger partial charge in [0.15, 0.2) is 0 Å². The standard InChI is InChI=1S/Gd.3Ni. The van der Waals surface area contributed by atoms with Gasteiger partial charge >= 0.3 is 0 Å². The summed E-state index contributed by atoms with van der Waals surface area (Å²) >= 11 is 0. The van der Waals surface area contributed by atoms with E-state index in [9.17, 15) is 0 Å². The third-order valence-corrected chi connectivity index (χ3v) is 0. The van der Waals surface area contributed by atoms with Gasteiger partial charge in [-0.15, -0.1) is 0 Å². The van der Waals surface area contributed by atoms with Crippen molar-refractivity contribution < 1.29 is 89.4 Å². The molecule has 0 atom stereocenters. The van der Waals surface area contributed by atoms with Gasteiger partial charge in [-0.05, 0) is 0 Å². The first-order chi connectivity index (χ1) is 0. The smallest absolute Gasteiger partial charge is 0 e. The Morgan fingerprint density at radius 3 is 0.500 bits per heavy atom. The Morgan fingerprint density at radius 2 is 0.500 bits per heavy atom. The number of hydrogen-bond donors (Lipinski definition) is 0. The second kappa shape index (κ2) is 17.0. The summed E-state index contributed by atoms with van der Waals surface area (Å²) in [5, 5.41) is 0. The molecule has 0 fully saturated rings. The van der Waals surface area contributed by atoms with Gasteiger partial charge in [-0.3, -0.25) is 0 Å². The molecule has 0 nitrogen and oxygen atoms in total. The van der Waals surface area contributed by atoms with Gasteiger partial charge in [-0.1, -0.05) is 0 Å². The van der Waals surface area contributed by atoms with E-state index in [-0.39, 0.29) is 89.4 Å². The maximum Gasteiger partial charge on any atom is 0 e. The van der Waals surface area contributed by atoms with Crippen LogP contribution in [-0.4, -0.2) is 0 Å². The normalized spacial score (nSPS) is 0. The molecule has 0 aliphatic carbocycles. The van der Waals surface area contributed by atoms with Crippen molar-refractivity contribution in [2.24, 2.45) is 0 Å². The zero-order valence-corrected chi connectivity index (χ0v) is 6.53. The second-order valence-electron chi connectivity index (χ2n) is 0. The van der Waals surface area contributed by atoms with Crippen molar-refractivity contribution in [3.05, 3.63) is 0 Å². The topological polar surface area (TPSA) is 0 Å². The fourth-order valence-electron chi connectivity index (χ4n) is 0. The summed E-state index contributed by atoms with van der Waals surface area (Å²) < 4.78 is 0. The Bertz CT molecular complexity index is 3.25. The van der Waals surface area contributed by atoms with Crippen LogP contribution in [0.15, 0.2) is 0 Å². The molecule has 0 spiro atoms. The van der Waals surface area contributed by atoms with E-state index in [0.717, 1.165) is 0 Å². The van der Waals surface area contributed by atoms with Gasteiger partial charge in [-0.25, -0.2) is 0 Å². The van der Waals surface area contributed by atoms with Crippen molar-refractivity contribution in [1.29, 1.82) is 0 Å². The molecular formula is GdNi3. The Kier molecular flexibility index (Phi) is 124. The van der Waals surface area contributed by atoms with Crippen LogP contribution >= 0.6 is 0 Å². The molecule has 0 aromatic heterocycles. The van der Waals surface area contributed by atoms with Crippen LogP contribution in [0.2, 0.25) is 0 Å². The first kappa shape index (κ1) is 29.1. The third-order valence-electron chi connectivity index (χ3n) is 0. The minimum Gasteiger partial charge on any atom is 0 e. The fraction of sp³-hybridized carbons (Fsp3) is 0. The maximum atomic E-state index is 0. The Hall–Kier alpha value is 2.81. The van der Waals surface area contributed by atoms with Crippen LogP contribution in [0.5, 0.6) is 0 Å². The van der Waals surface area contributed by atoms with Crippen molar-refractivity contribution in [3.63, 3.8) is 0 Å². The van der Waals surface area contributed by atoms with Crippen LogP contribution in [0, 0.1) is 39.9 Å². The molecule has 0 radical (unpaired) electrons. The summed E-state index contributed by atoms with van der Waals surface area (Å²) in [5.41, 5.74) is 0. The van der Waals surface area contributed by atoms with E-state index in [4.69, 9.17) is 0 Å². The average Bonchev–Trinajstić information content (AvgIpc) is 0. The molecule has 4 heavy (non-hydrogen) atoms. The molecule has 0 bridgehead atoms. The molecule has 38 valence electrons. The molecule has 0 N–H and O–H groups in total. The Morgan fingerprint density at radius 1 is 0.500 bits per heavy atom. The molecule has 0 aliphatic heterocycles. The van der Waals surface area contributed by atoms with Gasteiger partial charge < -0.3 is 0 Å². The van der Waals surface area contributed by atoms with Gasteiger partial charge in [0.1, 0.15) is 0 Å². The van der Waals surface area contributed by atoms with Crippen molar-refractivity contribution in [2.45, 2.75) is 0 Å². The Labute approximate surface area is 87.7 Å². The Balaban J connectivity index is 0. The first-order valence-corrected chi connectivity index (χ1v) is 0. The van der Waals surface area contributed by atoms with Crippen LogP contribution < -0.4 is 0 Å². The van der Waals surface area contributed by atoms with Crippen LogP contribution in [0.1, 0.15) is 0 Å². The summed E-state index contributed by atoms with van der Waals surface area (Å²) in [6, 6.07) is 0. The van der Waals surface area contributed by atoms with Crippen LogP contribution in [0.3, 0.4) is 0 Å². The molecule has 0 aliphatic rings. The summed E-state index contributed by atoms with van der Waals surface area (Å²) in [6.07, 6.45) is 0. The van der Waals surface area contributed by atoms with E-state index < -0.39 is 0 Å². The molecule has 4 heteroatoms. The quantitative estimate of drug-likeness (QED) is 0.547. The second-order valence-corrected chi connectivity index (χ2v) is 0. The van der Waals surface area contributed by atoms with Gasteiger partial charge in [0.05, 0.1) is 0 Å². The third kappa shape index (κ3) is 8.84. The van der Waals surface area contributed by atoms with E-state index in [0.29, 0.717) is 0 Å². The number of hydrogen-bond acceptors (Lipinski definition) is 0. The largest absolute Gasteiger partial charge is 0 e. The van der Waals surface area contributed by atoms with Crippen molar-refractivity contribution >= 4 is 0 Å². The van der Waals surface area contributed by atoms with Gasteiger partial charge in [0, 0.05) is 89.4 Å².